The lowest BCUT2D eigenvalue weighted by Crippen LogP contribution is -2.15. The van der Waals surface area contributed by atoms with Crippen LogP contribution in [0.4, 0.5) is 0 Å². The summed E-state index contributed by atoms with van der Waals surface area (Å²) in [5.41, 5.74) is 1.85. The van der Waals surface area contributed by atoms with E-state index >= 15 is 0 Å². The molecule has 0 aliphatic rings. The van der Waals surface area contributed by atoms with Crippen molar-refractivity contribution >= 4 is 45.1 Å². The predicted molar refractivity (Wildman–Crippen MR) is 106 cm³/mol. The van der Waals surface area contributed by atoms with Crippen molar-refractivity contribution in [3.8, 4) is 0 Å². The largest absolute Gasteiger partial charge is 0.475 e. The fourth-order valence-corrected chi connectivity index (χ4v) is 3.05. The van der Waals surface area contributed by atoms with Gasteiger partial charge in [0, 0.05) is 5.39 Å². The lowest BCUT2D eigenvalue weighted by atomic mass is 10.0. The molecule has 0 aliphatic heterocycles. The summed E-state index contributed by atoms with van der Waals surface area (Å²) in [7, 11) is 0. The molecular weight excluding hydrogens is 338 g/mol. The predicted octanol–water partition coefficient (Wildman–Crippen LogP) is 4.58. The van der Waals surface area contributed by atoms with Crippen LogP contribution in [0.15, 0.2) is 78.9 Å². The number of carbonyl (C=O) groups excluding carboxylic acids is 1. The van der Waals surface area contributed by atoms with Gasteiger partial charge in [-0.25, -0.2) is 9.78 Å². The van der Waals surface area contributed by atoms with Crippen molar-refractivity contribution in [2.45, 2.75) is 0 Å². The number of para-hydroxylation sites is 1. The highest BCUT2D eigenvalue weighted by Gasteiger charge is 2.21. The Balaban J connectivity index is 1.87. The maximum absolute atomic E-state index is 12.3. The number of carbonyl (C=O) groups is 2. The van der Waals surface area contributed by atoms with Gasteiger partial charge in [-0.1, -0.05) is 60.7 Å². The van der Waals surface area contributed by atoms with Gasteiger partial charge in [-0.2, -0.15) is 0 Å². The number of carboxylic acid groups (broad SMARTS) is 1. The molecule has 0 saturated carbocycles. The Morgan fingerprint density at radius 2 is 1.44 bits per heavy atom. The van der Waals surface area contributed by atoms with E-state index in [-0.39, 0.29) is 5.57 Å². The lowest BCUT2D eigenvalue weighted by Gasteiger charge is -2.07. The number of aliphatic carboxylic acids is 1. The van der Waals surface area contributed by atoms with Crippen LogP contribution in [0.5, 0.6) is 0 Å². The van der Waals surface area contributed by atoms with Gasteiger partial charge in [0.2, 0.25) is 0 Å². The topological polar surface area (TPSA) is 67.3 Å². The maximum atomic E-state index is 12.3. The van der Waals surface area contributed by atoms with Gasteiger partial charge in [0.05, 0.1) is 16.8 Å². The van der Waals surface area contributed by atoms with Crippen LogP contribution in [-0.2, 0) is 9.59 Å². The number of hydrogen-bond donors (Lipinski definition) is 1. The summed E-state index contributed by atoms with van der Waals surface area (Å²) in [5.74, 6) is -2.48. The second-order valence-electron chi connectivity index (χ2n) is 6.19. The van der Waals surface area contributed by atoms with E-state index in [1.807, 2.05) is 72.8 Å². The fourth-order valence-electron chi connectivity index (χ4n) is 3.05. The molecule has 0 unspecified atom stereocenters. The Morgan fingerprint density at radius 1 is 0.778 bits per heavy atom. The number of aromatic nitrogens is 1. The first kappa shape index (κ1) is 16.7. The number of carboxylic acids is 1. The summed E-state index contributed by atoms with van der Waals surface area (Å²) in [6.07, 6.45) is 1.58. The number of benzene rings is 3. The van der Waals surface area contributed by atoms with Gasteiger partial charge < -0.3 is 5.11 Å². The maximum Gasteiger partial charge on any atom is 0.377 e. The molecule has 1 heterocycles. The van der Waals surface area contributed by atoms with E-state index in [2.05, 4.69) is 4.98 Å². The summed E-state index contributed by atoms with van der Waals surface area (Å²) in [6.45, 7) is 0. The molecule has 0 spiro atoms. The molecular formula is C23H15NO3. The summed E-state index contributed by atoms with van der Waals surface area (Å²) in [4.78, 5) is 28.2. The van der Waals surface area contributed by atoms with Crippen molar-refractivity contribution in [3.05, 3.63) is 90.1 Å². The molecule has 0 fully saturated rings. The van der Waals surface area contributed by atoms with Crippen LogP contribution in [0.1, 0.15) is 11.3 Å². The zero-order chi connectivity index (χ0) is 18.8. The monoisotopic (exact) mass is 353 g/mol. The van der Waals surface area contributed by atoms with Gasteiger partial charge in [-0.05, 0) is 40.6 Å². The fraction of sp³-hybridized carbons (Fsp3) is 0. The molecule has 0 amide bonds. The molecule has 0 saturated heterocycles. The zero-order valence-corrected chi connectivity index (χ0v) is 14.3. The molecule has 27 heavy (non-hydrogen) atoms. The Labute approximate surface area is 155 Å². The molecule has 1 N–H and O–H groups in total. The van der Waals surface area contributed by atoms with Crippen LogP contribution < -0.4 is 0 Å². The summed E-state index contributed by atoms with van der Waals surface area (Å²) in [5, 5.41) is 12.3. The SMILES string of the molecule is O=C(O)C(=O)C(=Cc1ccc2ccccc2c1)c1ccc2ccccc2n1. The number of Topliss-reactive ketones (excluding diaryl/α,β-unsaturated/α-hetero) is 1. The van der Waals surface area contributed by atoms with Crippen LogP contribution in [0.2, 0.25) is 0 Å². The molecule has 0 bridgehead atoms. The van der Waals surface area contributed by atoms with E-state index in [1.165, 1.54) is 0 Å². The second kappa shape index (κ2) is 6.84. The molecule has 1 aromatic heterocycles. The third kappa shape index (κ3) is 3.33. The smallest absolute Gasteiger partial charge is 0.377 e. The summed E-state index contributed by atoms with van der Waals surface area (Å²) >= 11 is 0. The van der Waals surface area contributed by atoms with E-state index < -0.39 is 11.8 Å². The molecule has 4 aromatic rings. The third-order valence-electron chi connectivity index (χ3n) is 4.40. The van der Waals surface area contributed by atoms with Crippen LogP contribution >= 0.6 is 0 Å². The van der Waals surface area contributed by atoms with Crippen molar-refractivity contribution in [2.75, 3.05) is 0 Å². The van der Waals surface area contributed by atoms with Crippen molar-refractivity contribution < 1.29 is 14.7 Å². The molecule has 4 rings (SSSR count). The quantitative estimate of drug-likeness (QED) is 0.431. The van der Waals surface area contributed by atoms with Crippen LogP contribution in [0, 0.1) is 0 Å². The van der Waals surface area contributed by atoms with Crippen molar-refractivity contribution in [1.82, 2.24) is 4.98 Å². The average Bonchev–Trinajstić information content (AvgIpc) is 2.71. The van der Waals surface area contributed by atoms with Crippen LogP contribution in [0.25, 0.3) is 33.3 Å². The van der Waals surface area contributed by atoms with Gasteiger partial charge >= 0.3 is 5.97 Å². The molecule has 0 radical (unpaired) electrons. The van der Waals surface area contributed by atoms with E-state index in [1.54, 1.807) is 12.1 Å². The number of rotatable bonds is 4. The van der Waals surface area contributed by atoms with Crippen molar-refractivity contribution in [2.24, 2.45) is 0 Å². The minimum atomic E-state index is -1.50. The summed E-state index contributed by atoms with van der Waals surface area (Å²) < 4.78 is 0. The van der Waals surface area contributed by atoms with Gasteiger partial charge in [-0.3, -0.25) is 4.79 Å². The standard InChI is InChI=1S/C23H15NO3/c25-22(23(26)27)19(21-12-11-17-6-3-4-8-20(17)24-21)14-15-9-10-16-5-1-2-7-18(16)13-15/h1-14H,(H,26,27). The van der Waals surface area contributed by atoms with Gasteiger partial charge in [0.25, 0.3) is 5.78 Å². The highest BCUT2D eigenvalue weighted by molar-refractivity contribution is 6.52. The number of nitrogens with zero attached hydrogens (tertiary/aromatic N) is 1. The van der Waals surface area contributed by atoms with E-state index in [4.69, 9.17) is 0 Å². The molecule has 3 aromatic carbocycles. The van der Waals surface area contributed by atoms with Gasteiger partial charge in [-0.15, -0.1) is 0 Å². The number of pyridine rings is 1. The normalized spacial score (nSPS) is 11.6. The number of fused-ring (bicyclic) bond motifs is 2. The number of hydrogen-bond acceptors (Lipinski definition) is 3. The second-order valence-corrected chi connectivity index (χ2v) is 6.19. The Hall–Kier alpha value is -3.79. The number of ketones is 1. The Bertz CT molecular complexity index is 1220. The van der Waals surface area contributed by atoms with Crippen molar-refractivity contribution in [3.63, 3.8) is 0 Å². The first-order chi connectivity index (χ1) is 13.1. The molecule has 130 valence electrons. The Kier molecular flexibility index (Phi) is 4.22. The van der Waals surface area contributed by atoms with Gasteiger partial charge in [0.15, 0.2) is 0 Å². The van der Waals surface area contributed by atoms with Gasteiger partial charge in [0.1, 0.15) is 0 Å². The first-order valence-corrected chi connectivity index (χ1v) is 8.46. The van der Waals surface area contributed by atoms with Crippen LogP contribution in [-0.4, -0.2) is 21.8 Å². The first-order valence-electron chi connectivity index (χ1n) is 8.46. The van der Waals surface area contributed by atoms with E-state index in [9.17, 15) is 14.7 Å². The highest BCUT2D eigenvalue weighted by Crippen LogP contribution is 2.23. The lowest BCUT2D eigenvalue weighted by molar-refractivity contribution is -0.146. The Morgan fingerprint density at radius 3 is 2.22 bits per heavy atom. The minimum absolute atomic E-state index is 0.0588. The minimum Gasteiger partial charge on any atom is -0.475 e. The molecule has 4 nitrogen and oxygen atoms in total. The van der Waals surface area contributed by atoms with E-state index in [0.717, 1.165) is 21.7 Å². The third-order valence-corrected chi connectivity index (χ3v) is 4.40. The van der Waals surface area contributed by atoms with E-state index in [0.29, 0.717) is 11.2 Å². The van der Waals surface area contributed by atoms with Crippen molar-refractivity contribution in [1.29, 1.82) is 0 Å². The highest BCUT2D eigenvalue weighted by atomic mass is 16.4. The molecule has 4 heteroatoms. The van der Waals surface area contributed by atoms with Crippen LogP contribution in [0.3, 0.4) is 0 Å². The summed E-state index contributed by atoms with van der Waals surface area (Å²) in [6, 6.07) is 24.6. The molecule has 0 atom stereocenters. The zero-order valence-electron chi connectivity index (χ0n) is 14.3. The molecule has 0 aliphatic carbocycles. The average molecular weight is 353 g/mol.